The number of hydrogen-bond donors (Lipinski definition) is 0. The van der Waals surface area contributed by atoms with Crippen LogP contribution in [0.25, 0.3) is 0 Å². The molecule has 0 aliphatic rings. The van der Waals surface area contributed by atoms with Crippen LogP contribution in [0.4, 0.5) is 4.39 Å². The number of esters is 1. The van der Waals surface area contributed by atoms with Crippen molar-refractivity contribution in [2.75, 3.05) is 7.11 Å². The first-order chi connectivity index (χ1) is 9.51. The van der Waals surface area contributed by atoms with Gasteiger partial charge in [0.05, 0.1) is 24.1 Å². The van der Waals surface area contributed by atoms with E-state index in [1.165, 1.54) is 37.1 Å². The van der Waals surface area contributed by atoms with Crippen LogP contribution in [0.5, 0.6) is 0 Å². The minimum absolute atomic E-state index is 0.332. The van der Waals surface area contributed by atoms with E-state index in [-0.39, 0.29) is 0 Å². The van der Waals surface area contributed by atoms with Crippen molar-refractivity contribution in [3.63, 3.8) is 0 Å². The van der Waals surface area contributed by atoms with Gasteiger partial charge in [0.25, 0.3) is 0 Å². The van der Waals surface area contributed by atoms with Gasteiger partial charge in [0, 0.05) is 4.90 Å². The fourth-order valence-corrected chi connectivity index (χ4v) is 2.54. The van der Waals surface area contributed by atoms with Crippen molar-refractivity contribution in [3.8, 4) is 0 Å². The maximum Gasteiger partial charge on any atom is 0.338 e. The first-order valence-corrected chi connectivity index (χ1v) is 6.93. The zero-order valence-corrected chi connectivity index (χ0v) is 12.2. The molecule has 0 aliphatic heterocycles. The molecule has 6 heteroatoms. The van der Waals surface area contributed by atoms with Gasteiger partial charge in [-0.3, -0.25) is 0 Å². The van der Waals surface area contributed by atoms with Gasteiger partial charge in [-0.2, -0.15) is 0 Å². The van der Waals surface area contributed by atoms with E-state index in [0.717, 1.165) is 11.5 Å². The molecular weight excluding hydrogens is 281 g/mol. The highest BCUT2D eigenvalue weighted by atomic mass is 32.2. The molecular formula is C14H14FNO3S. The number of aryl methyl sites for hydroxylation is 2. The Balaban J connectivity index is 2.19. The number of ether oxygens (including phenoxy) is 1. The Labute approximate surface area is 120 Å². The summed E-state index contributed by atoms with van der Waals surface area (Å²) in [5.74, 6) is 0.826. The standard InChI is InChI=1S/C14H14FNO3S/c1-8-9(2)19-13(16-8)7-20-12-6-10(15)4-5-11(12)14(17)18-3/h4-6H,7H2,1-3H3. The van der Waals surface area contributed by atoms with Crippen LogP contribution in [-0.2, 0) is 10.5 Å². The summed E-state index contributed by atoms with van der Waals surface area (Å²) >= 11 is 1.28. The molecule has 2 aromatic rings. The molecule has 0 saturated carbocycles. The van der Waals surface area contributed by atoms with Crippen LogP contribution in [0, 0.1) is 19.7 Å². The molecule has 2 rings (SSSR count). The average molecular weight is 295 g/mol. The Hall–Kier alpha value is -1.82. The van der Waals surface area contributed by atoms with E-state index in [2.05, 4.69) is 9.72 Å². The number of halogens is 1. The third-order valence-electron chi connectivity index (χ3n) is 2.77. The van der Waals surface area contributed by atoms with Crippen LogP contribution >= 0.6 is 11.8 Å². The second kappa shape index (κ2) is 6.09. The van der Waals surface area contributed by atoms with Gasteiger partial charge < -0.3 is 9.15 Å². The lowest BCUT2D eigenvalue weighted by molar-refractivity contribution is 0.0596. The lowest BCUT2D eigenvalue weighted by Crippen LogP contribution is -2.03. The predicted molar refractivity (Wildman–Crippen MR) is 73.3 cm³/mol. The molecule has 0 N–H and O–H groups in total. The Kier molecular flexibility index (Phi) is 4.44. The molecule has 0 unspecified atom stereocenters. The maximum absolute atomic E-state index is 13.3. The second-order valence-electron chi connectivity index (χ2n) is 4.17. The lowest BCUT2D eigenvalue weighted by Gasteiger charge is -2.06. The van der Waals surface area contributed by atoms with Gasteiger partial charge in [-0.1, -0.05) is 0 Å². The quantitative estimate of drug-likeness (QED) is 0.638. The van der Waals surface area contributed by atoms with Crippen LogP contribution in [0.2, 0.25) is 0 Å². The molecule has 4 nitrogen and oxygen atoms in total. The maximum atomic E-state index is 13.3. The van der Waals surface area contributed by atoms with Crippen LogP contribution in [0.3, 0.4) is 0 Å². The van der Waals surface area contributed by atoms with Crippen molar-refractivity contribution in [3.05, 3.63) is 46.9 Å². The highest BCUT2D eigenvalue weighted by Crippen LogP contribution is 2.28. The predicted octanol–water partition coefficient (Wildman–Crippen LogP) is 3.51. The smallest absolute Gasteiger partial charge is 0.338 e. The van der Waals surface area contributed by atoms with Crippen LogP contribution < -0.4 is 0 Å². The first kappa shape index (κ1) is 14.6. The van der Waals surface area contributed by atoms with Crippen LogP contribution in [0.15, 0.2) is 27.5 Å². The van der Waals surface area contributed by atoms with Gasteiger partial charge in [-0.05, 0) is 32.0 Å². The molecule has 0 atom stereocenters. The van der Waals surface area contributed by atoms with Gasteiger partial charge in [0.1, 0.15) is 11.6 Å². The van der Waals surface area contributed by atoms with Crippen molar-refractivity contribution in [2.45, 2.75) is 24.5 Å². The fraction of sp³-hybridized carbons (Fsp3) is 0.286. The molecule has 0 saturated heterocycles. The van der Waals surface area contributed by atoms with E-state index >= 15 is 0 Å². The fourth-order valence-electron chi connectivity index (χ4n) is 1.63. The topological polar surface area (TPSA) is 52.3 Å². The minimum Gasteiger partial charge on any atom is -0.465 e. The SMILES string of the molecule is COC(=O)c1ccc(F)cc1SCc1nc(C)c(C)o1. The summed E-state index contributed by atoms with van der Waals surface area (Å²) in [7, 11) is 1.29. The number of carbonyl (C=O) groups excluding carboxylic acids is 1. The lowest BCUT2D eigenvalue weighted by atomic mass is 10.2. The zero-order valence-electron chi connectivity index (χ0n) is 11.4. The number of benzene rings is 1. The van der Waals surface area contributed by atoms with Gasteiger partial charge >= 0.3 is 5.97 Å². The molecule has 1 heterocycles. The number of hydrogen-bond acceptors (Lipinski definition) is 5. The molecule has 0 radical (unpaired) electrons. The van der Waals surface area contributed by atoms with E-state index < -0.39 is 11.8 Å². The third kappa shape index (κ3) is 3.19. The molecule has 1 aromatic heterocycles. The summed E-state index contributed by atoms with van der Waals surface area (Å²) in [6.07, 6.45) is 0. The summed E-state index contributed by atoms with van der Waals surface area (Å²) in [5.41, 5.74) is 1.16. The summed E-state index contributed by atoms with van der Waals surface area (Å²) in [6.45, 7) is 3.69. The first-order valence-electron chi connectivity index (χ1n) is 5.95. The van der Waals surface area contributed by atoms with Crippen molar-refractivity contribution in [1.29, 1.82) is 0 Å². The van der Waals surface area contributed by atoms with Gasteiger partial charge in [0.15, 0.2) is 0 Å². The molecule has 0 fully saturated rings. The normalized spacial score (nSPS) is 10.6. The van der Waals surface area contributed by atoms with Gasteiger partial charge in [-0.25, -0.2) is 14.2 Å². The summed E-state index contributed by atoms with van der Waals surface area (Å²) in [4.78, 5) is 16.4. The van der Waals surface area contributed by atoms with Gasteiger partial charge in [0.2, 0.25) is 5.89 Å². The van der Waals surface area contributed by atoms with Crippen molar-refractivity contribution in [2.24, 2.45) is 0 Å². The molecule has 0 aliphatic carbocycles. The van der Waals surface area contributed by atoms with E-state index in [1.807, 2.05) is 13.8 Å². The van der Waals surface area contributed by atoms with E-state index in [0.29, 0.717) is 22.1 Å². The number of thioether (sulfide) groups is 1. The molecule has 20 heavy (non-hydrogen) atoms. The van der Waals surface area contributed by atoms with Crippen LogP contribution in [-0.4, -0.2) is 18.1 Å². The van der Waals surface area contributed by atoms with Gasteiger partial charge in [-0.15, -0.1) is 11.8 Å². The molecule has 0 spiro atoms. The highest BCUT2D eigenvalue weighted by molar-refractivity contribution is 7.98. The summed E-state index contributed by atoms with van der Waals surface area (Å²) in [5, 5.41) is 0. The Bertz CT molecular complexity index is 620. The molecule has 1 aromatic carbocycles. The number of methoxy groups -OCH3 is 1. The monoisotopic (exact) mass is 295 g/mol. The number of oxazole rings is 1. The molecule has 0 amide bonds. The average Bonchev–Trinajstić information content (AvgIpc) is 2.75. The van der Waals surface area contributed by atoms with E-state index in [4.69, 9.17) is 4.42 Å². The van der Waals surface area contributed by atoms with Crippen molar-refractivity contribution >= 4 is 17.7 Å². The molecule has 0 bridgehead atoms. The largest absolute Gasteiger partial charge is 0.465 e. The molecule has 106 valence electrons. The number of rotatable bonds is 4. The Morgan fingerprint density at radius 3 is 2.80 bits per heavy atom. The van der Waals surface area contributed by atoms with E-state index in [1.54, 1.807) is 0 Å². The number of aromatic nitrogens is 1. The minimum atomic E-state index is -0.493. The third-order valence-corrected chi connectivity index (χ3v) is 3.81. The van der Waals surface area contributed by atoms with E-state index in [9.17, 15) is 9.18 Å². The number of carbonyl (C=O) groups is 1. The van der Waals surface area contributed by atoms with Crippen molar-refractivity contribution < 1.29 is 18.3 Å². The van der Waals surface area contributed by atoms with Crippen LogP contribution in [0.1, 0.15) is 27.7 Å². The summed E-state index contributed by atoms with van der Waals surface area (Å²) in [6, 6.07) is 3.95. The summed E-state index contributed by atoms with van der Waals surface area (Å²) < 4.78 is 23.4. The number of nitrogens with zero attached hydrogens (tertiary/aromatic N) is 1. The Morgan fingerprint density at radius 2 is 2.20 bits per heavy atom. The Morgan fingerprint density at radius 1 is 1.45 bits per heavy atom. The van der Waals surface area contributed by atoms with Crippen molar-refractivity contribution in [1.82, 2.24) is 4.98 Å². The highest BCUT2D eigenvalue weighted by Gasteiger charge is 2.14. The zero-order chi connectivity index (χ0) is 14.7. The second-order valence-corrected chi connectivity index (χ2v) is 5.19.